The number of rotatable bonds is 2. The van der Waals surface area contributed by atoms with E-state index in [2.05, 4.69) is 72.4 Å². The Morgan fingerprint density at radius 2 is 1.73 bits per heavy atom. The molecule has 0 atom stereocenters. The maximum Gasteiger partial charge on any atom is 0.300 e. The second-order valence-electron chi connectivity index (χ2n) is 6.88. The van der Waals surface area contributed by atoms with Crippen LogP contribution in [0.3, 0.4) is 0 Å². The Labute approximate surface area is 153 Å². The van der Waals surface area contributed by atoms with Crippen molar-refractivity contribution in [2.75, 3.05) is 0 Å². The summed E-state index contributed by atoms with van der Waals surface area (Å²) in [7, 11) is 2.09. The third-order valence-electron chi connectivity index (χ3n) is 5.11. The normalized spacial score (nSPS) is 11.3. The minimum Gasteiger partial charge on any atom is -0.327 e. The van der Waals surface area contributed by atoms with Crippen LogP contribution in [-0.2, 0) is 7.05 Å². The summed E-state index contributed by atoms with van der Waals surface area (Å²) in [5.74, 6) is 1.98. The van der Waals surface area contributed by atoms with E-state index in [1.165, 1.54) is 27.9 Å². The molecule has 4 heteroatoms. The molecule has 130 valence electrons. The van der Waals surface area contributed by atoms with Crippen molar-refractivity contribution >= 4 is 11.0 Å². The number of fused-ring (bicyclic) bond motifs is 1. The number of imidazole rings is 1. The molecule has 2 aromatic heterocycles. The molecule has 0 bridgehead atoms. The van der Waals surface area contributed by atoms with Gasteiger partial charge in [-0.2, -0.15) is 4.57 Å². The largest absolute Gasteiger partial charge is 0.327 e. The third-order valence-corrected chi connectivity index (χ3v) is 5.11. The molecule has 0 N–H and O–H groups in total. The lowest BCUT2D eigenvalue weighted by Gasteiger charge is -2.16. The van der Waals surface area contributed by atoms with Crippen LogP contribution in [0.4, 0.5) is 0 Å². The predicted molar refractivity (Wildman–Crippen MR) is 104 cm³/mol. The SMILES string of the molecule is Cc1cc(C)c(-[n+]2cccnc2C)c(C)c1-c1nc2ccccc2n1C. The first kappa shape index (κ1) is 16.5. The molecule has 2 aromatic carbocycles. The lowest BCUT2D eigenvalue weighted by molar-refractivity contribution is -0.607. The highest BCUT2D eigenvalue weighted by Gasteiger charge is 2.22. The standard InChI is InChI=1S/C22H23N4/c1-14-13-15(2)21(26-12-8-11-23-17(26)4)16(3)20(14)22-24-18-9-6-7-10-19(18)25(22)5/h6-13H,1-5H3/q+1. The highest BCUT2D eigenvalue weighted by atomic mass is 15.1. The summed E-state index contributed by atoms with van der Waals surface area (Å²) in [6, 6.07) is 12.5. The molecular formula is C22H23N4+. The number of benzene rings is 2. The molecule has 0 amide bonds. The van der Waals surface area contributed by atoms with Crippen LogP contribution in [0.25, 0.3) is 28.1 Å². The molecule has 0 saturated heterocycles. The van der Waals surface area contributed by atoms with Crippen LogP contribution in [0, 0.1) is 27.7 Å². The second-order valence-corrected chi connectivity index (χ2v) is 6.88. The van der Waals surface area contributed by atoms with Gasteiger partial charge in [0, 0.05) is 31.2 Å². The fourth-order valence-electron chi connectivity index (χ4n) is 3.94. The lowest BCUT2D eigenvalue weighted by atomic mass is 9.96. The van der Waals surface area contributed by atoms with E-state index < -0.39 is 0 Å². The van der Waals surface area contributed by atoms with Crippen molar-refractivity contribution in [3.8, 4) is 17.1 Å². The Hall–Kier alpha value is -3.01. The zero-order chi connectivity index (χ0) is 18.4. The number of aryl methyl sites for hydroxylation is 4. The summed E-state index contributed by atoms with van der Waals surface area (Å²) in [6.45, 7) is 8.55. The van der Waals surface area contributed by atoms with E-state index in [1.807, 2.05) is 25.3 Å². The molecule has 0 spiro atoms. The zero-order valence-corrected chi connectivity index (χ0v) is 15.9. The summed E-state index contributed by atoms with van der Waals surface area (Å²) < 4.78 is 4.35. The Kier molecular flexibility index (Phi) is 3.83. The van der Waals surface area contributed by atoms with Gasteiger partial charge in [-0.25, -0.2) is 4.98 Å². The van der Waals surface area contributed by atoms with Crippen molar-refractivity contribution < 1.29 is 4.57 Å². The lowest BCUT2D eigenvalue weighted by Crippen LogP contribution is -2.36. The maximum absolute atomic E-state index is 4.93. The van der Waals surface area contributed by atoms with Gasteiger partial charge in [-0.1, -0.05) is 23.2 Å². The first-order valence-electron chi connectivity index (χ1n) is 8.85. The fourth-order valence-corrected chi connectivity index (χ4v) is 3.94. The summed E-state index contributed by atoms with van der Waals surface area (Å²) in [5.41, 5.74) is 8.25. The molecule has 0 radical (unpaired) electrons. The van der Waals surface area contributed by atoms with Crippen molar-refractivity contribution in [3.63, 3.8) is 0 Å². The van der Waals surface area contributed by atoms with E-state index >= 15 is 0 Å². The third kappa shape index (κ3) is 2.41. The molecule has 4 rings (SSSR count). The van der Waals surface area contributed by atoms with E-state index in [-0.39, 0.29) is 0 Å². The van der Waals surface area contributed by atoms with Gasteiger partial charge in [0.15, 0.2) is 0 Å². The van der Waals surface area contributed by atoms with Crippen LogP contribution >= 0.6 is 0 Å². The van der Waals surface area contributed by atoms with Gasteiger partial charge >= 0.3 is 0 Å². The van der Waals surface area contributed by atoms with Gasteiger partial charge in [0.25, 0.3) is 5.82 Å². The summed E-state index contributed by atoms with van der Waals surface area (Å²) >= 11 is 0. The molecule has 4 nitrogen and oxygen atoms in total. The minimum absolute atomic E-state index is 0.971. The quantitative estimate of drug-likeness (QED) is 0.513. The van der Waals surface area contributed by atoms with Crippen molar-refractivity contribution in [1.82, 2.24) is 14.5 Å². The molecule has 4 aromatic rings. The zero-order valence-electron chi connectivity index (χ0n) is 15.9. The van der Waals surface area contributed by atoms with Crippen LogP contribution < -0.4 is 4.57 Å². The fraction of sp³-hybridized carbons (Fsp3) is 0.227. The van der Waals surface area contributed by atoms with Crippen molar-refractivity contribution in [2.24, 2.45) is 7.05 Å². The van der Waals surface area contributed by atoms with Crippen LogP contribution in [0.2, 0.25) is 0 Å². The highest BCUT2D eigenvalue weighted by Crippen LogP contribution is 2.32. The first-order valence-corrected chi connectivity index (χ1v) is 8.85. The smallest absolute Gasteiger partial charge is 0.300 e. The molecule has 0 unspecified atom stereocenters. The second kappa shape index (κ2) is 6.06. The minimum atomic E-state index is 0.971. The van der Waals surface area contributed by atoms with Crippen molar-refractivity contribution in [1.29, 1.82) is 0 Å². The van der Waals surface area contributed by atoms with Gasteiger partial charge < -0.3 is 4.57 Å². The van der Waals surface area contributed by atoms with Crippen LogP contribution in [0.1, 0.15) is 22.5 Å². The van der Waals surface area contributed by atoms with Crippen LogP contribution in [0.5, 0.6) is 0 Å². The topological polar surface area (TPSA) is 34.6 Å². The van der Waals surface area contributed by atoms with E-state index in [1.54, 1.807) is 0 Å². The van der Waals surface area contributed by atoms with Gasteiger partial charge in [-0.3, -0.25) is 0 Å². The van der Waals surface area contributed by atoms with E-state index in [0.29, 0.717) is 0 Å². The Morgan fingerprint density at radius 1 is 0.962 bits per heavy atom. The first-order chi connectivity index (χ1) is 12.5. The van der Waals surface area contributed by atoms with Gasteiger partial charge in [-0.05, 0) is 44.0 Å². The van der Waals surface area contributed by atoms with Gasteiger partial charge in [0.05, 0.1) is 11.0 Å². The number of para-hydroxylation sites is 2. The van der Waals surface area contributed by atoms with Crippen LogP contribution in [0.15, 0.2) is 48.8 Å². The molecule has 0 saturated carbocycles. The molecule has 0 aliphatic heterocycles. The van der Waals surface area contributed by atoms with E-state index in [4.69, 9.17) is 4.98 Å². The maximum atomic E-state index is 4.93. The van der Waals surface area contributed by atoms with Crippen molar-refractivity contribution in [3.05, 3.63) is 71.3 Å². The van der Waals surface area contributed by atoms with Gasteiger partial charge in [0.1, 0.15) is 23.9 Å². The molecule has 2 heterocycles. The average Bonchev–Trinajstić information content (AvgIpc) is 2.93. The molecule has 0 fully saturated rings. The monoisotopic (exact) mass is 343 g/mol. The number of nitrogens with zero attached hydrogens (tertiary/aromatic N) is 4. The molecule has 26 heavy (non-hydrogen) atoms. The molecular weight excluding hydrogens is 320 g/mol. The highest BCUT2D eigenvalue weighted by molar-refractivity contribution is 5.82. The van der Waals surface area contributed by atoms with E-state index in [9.17, 15) is 0 Å². The Balaban J connectivity index is 2.05. The molecule has 0 aliphatic rings. The van der Waals surface area contributed by atoms with Crippen molar-refractivity contribution in [2.45, 2.75) is 27.7 Å². The number of hydrogen-bond donors (Lipinski definition) is 0. The summed E-state index contributed by atoms with van der Waals surface area (Å²) in [6.07, 6.45) is 3.91. The Morgan fingerprint density at radius 3 is 2.46 bits per heavy atom. The number of aromatic nitrogens is 4. The summed E-state index contributed by atoms with van der Waals surface area (Å²) in [5, 5.41) is 0. The molecule has 0 aliphatic carbocycles. The average molecular weight is 343 g/mol. The predicted octanol–water partition coefficient (Wildman–Crippen LogP) is 4.15. The van der Waals surface area contributed by atoms with Gasteiger partial charge in [-0.15, -0.1) is 0 Å². The summed E-state index contributed by atoms with van der Waals surface area (Å²) in [4.78, 5) is 9.39. The Bertz CT molecular complexity index is 1140. The van der Waals surface area contributed by atoms with Crippen LogP contribution in [-0.4, -0.2) is 14.5 Å². The van der Waals surface area contributed by atoms with Gasteiger partial charge in [0.2, 0.25) is 0 Å². The number of hydrogen-bond acceptors (Lipinski definition) is 2. The van der Waals surface area contributed by atoms with E-state index in [0.717, 1.165) is 22.7 Å².